The first-order valence-corrected chi connectivity index (χ1v) is 11.0. The van der Waals surface area contributed by atoms with Crippen molar-refractivity contribution in [3.63, 3.8) is 0 Å². The van der Waals surface area contributed by atoms with Crippen LogP contribution in [0.5, 0.6) is 11.5 Å². The smallest absolute Gasteiger partial charge is 0.287 e. The number of furan rings is 1. The van der Waals surface area contributed by atoms with Crippen molar-refractivity contribution in [1.82, 2.24) is 9.88 Å². The van der Waals surface area contributed by atoms with Gasteiger partial charge < -0.3 is 28.5 Å². The number of aromatic nitrogens is 1. The summed E-state index contributed by atoms with van der Waals surface area (Å²) in [6.45, 7) is 5.06. The highest BCUT2D eigenvalue weighted by molar-refractivity contribution is 7.09. The molecule has 0 spiro atoms. The zero-order chi connectivity index (χ0) is 24.0. The highest BCUT2D eigenvalue weighted by atomic mass is 32.1. The van der Waals surface area contributed by atoms with Crippen molar-refractivity contribution >= 4 is 23.2 Å². The van der Waals surface area contributed by atoms with E-state index in [0.29, 0.717) is 47.3 Å². The van der Waals surface area contributed by atoms with Crippen LogP contribution in [0.4, 0.5) is 0 Å². The molecule has 0 saturated carbocycles. The number of hydrogen-bond donors (Lipinski definition) is 1. The van der Waals surface area contributed by atoms with Crippen LogP contribution in [0.15, 0.2) is 39.7 Å². The lowest BCUT2D eigenvalue weighted by atomic mass is 10.2. The second-order valence-electron chi connectivity index (χ2n) is 7.11. The molecule has 2 aromatic heterocycles. The van der Waals surface area contributed by atoms with Gasteiger partial charge in [0.2, 0.25) is 0 Å². The van der Waals surface area contributed by atoms with Crippen molar-refractivity contribution in [3.05, 3.63) is 62.8 Å². The molecule has 33 heavy (non-hydrogen) atoms. The maximum Gasteiger partial charge on any atom is 0.287 e. The molecule has 9 nitrogen and oxygen atoms in total. The Hall–Kier alpha value is -3.37. The number of thiazole rings is 1. The first-order chi connectivity index (χ1) is 15.9. The van der Waals surface area contributed by atoms with Gasteiger partial charge in [0.15, 0.2) is 22.1 Å². The van der Waals surface area contributed by atoms with Crippen molar-refractivity contribution in [1.29, 1.82) is 0 Å². The predicted octanol–water partition coefficient (Wildman–Crippen LogP) is 2.94. The van der Waals surface area contributed by atoms with E-state index < -0.39 is 5.91 Å². The van der Waals surface area contributed by atoms with E-state index >= 15 is 0 Å². The summed E-state index contributed by atoms with van der Waals surface area (Å²) in [5.41, 5.74) is 1.34. The Labute approximate surface area is 195 Å². The maximum atomic E-state index is 12.9. The van der Waals surface area contributed by atoms with E-state index in [-0.39, 0.29) is 11.7 Å². The number of hydrogen-bond acceptors (Lipinski definition) is 7. The van der Waals surface area contributed by atoms with E-state index in [1.807, 2.05) is 18.4 Å². The Kier molecular flexibility index (Phi) is 8.07. The molecule has 0 radical (unpaired) electrons. The quantitative estimate of drug-likeness (QED) is 0.479. The molecule has 0 fully saturated rings. The van der Waals surface area contributed by atoms with Crippen LogP contribution in [0, 0.1) is 13.8 Å². The molecule has 0 atom stereocenters. The van der Waals surface area contributed by atoms with Crippen LogP contribution >= 0.6 is 11.3 Å². The minimum absolute atomic E-state index is 0.214. The van der Waals surface area contributed by atoms with Crippen LogP contribution in [-0.2, 0) is 11.3 Å². The molecular weight excluding hydrogens is 446 g/mol. The lowest BCUT2D eigenvalue weighted by Gasteiger charge is -2.08. The van der Waals surface area contributed by atoms with E-state index in [2.05, 4.69) is 10.3 Å². The van der Waals surface area contributed by atoms with Crippen LogP contribution in [-0.4, -0.2) is 50.9 Å². The predicted molar refractivity (Wildman–Crippen MR) is 123 cm³/mol. The summed E-state index contributed by atoms with van der Waals surface area (Å²) >= 11 is 1.41. The fourth-order valence-corrected chi connectivity index (χ4v) is 4.06. The summed E-state index contributed by atoms with van der Waals surface area (Å²) in [4.78, 5) is 30.9. The first kappa shape index (κ1) is 24.3. The van der Waals surface area contributed by atoms with E-state index in [1.54, 1.807) is 37.4 Å². The highest BCUT2D eigenvalue weighted by Gasteiger charge is 2.15. The molecule has 0 saturated heterocycles. The van der Waals surface area contributed by atoms with Gasteiger partial charge in [-0.2, -0.15) is 4.99 Å². The second-order valence-corrected chi connectivity index (χ2v) is 8.30. The van der Waals surface area contributed by atoms with Crippen molar-refractivity contribution in [2.75, 3.05) is 34.5 Å². The number of benzene rings is 1. The molecule has 3 rings (SSSR count). The molecule has 0 aliphatic rings. The van der Waals surface area contributed by atoms with Gasteiger partial charge in [-0.1, -0.05) is 0 Å². The number of nitrogens with one attached hydrogen (secondary N) is 1. The molecule has 1 aromatic carbocycles. The van der Waals surface area contributed by atoms with Crippen molar-refractivity contribution in [2.45, 2.75) is 20.4 Å². The average Bonchev–Trinajstić information content (AvgIpc) is 3.39. The third kappa shape index (κ3) is 5.71. The van der Waals surface area contributed by atoms with Crippen molar-refractivity contribution < 1.29 is 28.2 Å². The van der Waals surface area contributed by atoms with Gasteiger partial charge in [-0.25, -0.2) is 0 Å². The number of rotatable bonds is 9. The lowest BCUT2D eigenvalue weighted by Crippen LogP contribution is -2.26. The van der Waals surface area contributed by atoms with Crippen LogP contribution in [0.3, 0.4) is 0 Å². The molecule has 0 unspecified atom stereocenters. The van der Waals surface area contributed by atoms with Gasteiger partial charge in [0, 0.05) is 29.8 Å². The molecule has 0 aliphatic heterocycles. The minimum atomic E-state index is -0.399. The number of ether oxygens (including phenoxy) is 3. The van der Waals surface area contributed by atoms with Gasteiger partial charge in [-0.15, -0.1) is 11.3 Å². The molecule has 3 aromatic rings. The molecule has 10 heteroatoms. The largest absolute Gasteiger partial charge is 0.493 e. The third-order valence-corrected chi connectivity index (χ3v) is 6.10. The minimum Gasteiger partial charge on any atom is -0.493 e. The van der Waals surface area contributed by atoms with Crippen LogP contribution < -0.4 is 19.6 Å². The number of amides is 2. The lowest BCUT2D eigenvalue weighted by molar-refractivity contribution is 0.0907. The molecule has 176 valence electrons. The summed E-state index contributed by atoms with van der Waals surface area (Å²) in [5, 5.41) is 2.72. The average molecular weight is 474 g/mol. The highest BCUT2D eigenvalue weighted by Crippen LogP contribution is 2.27. The van der Waals surface area contributed by atoms with E-state index in [9.17, 15) is 9.59 Å². The summed E-state index contributed by atoms with van der Waals surface area (Å²) in [5.74, 6) is 1.07. The van der Waals surface area contributed by atoms with Gasteiger partial charge in [0.25, 0.3) is 11.8 Å². The molecule has 2 amide bonds. The Morgan fingerprint density at radius 3 is 2.55 bits per heavy atom. The molecule has 0 aliphatic carbocycles. The summed E-state index contributed by atoms with van der Waals surface area (Å²) in [6, 6.07) is 8.28. The van der Waals surface area contributed by atoms with Crippen LogP contribution in [0.2, 0.25) is 0 Å². The zero-order valence-corrected chi connectivity index (χ0v) is 20.1. The number of aryl methyl sites for hydroxylation is 1. The topological polar surface area (TPSA) is 104 Å². The standard InChI is InChI=1S/C23H27N3O6S/c1-14-15(2)33-23(25-21(27)16-6-8-18(30-4)20(12-16)31-5)26(14)13-17-7-9-19(32-17)22(28)24-10-11-29-3/h6-9,12H,10-11,13H2,1-5H3,(H,24,28). The van der Waals surface area contributed by atoms with Crippen LogP contribution in [0.25, 0.3) is 0 Å². The third-order valence-electron chi connectivity index (χ3n) is 5.01. The van der Waals surface area contributed by atoms with E-state index in [0.717, 1.165) is 10.6 Å². The molecule has 1 N–H and O–H groups in total. The molecule has 0 bridgehead atoms. The monoisotopic (exact) mass is 473 g/mol. The fourth-order valence-electron chi connectivity index (χ4n) is 3.08. The summed E-state index contributed by atoms with van der Waals surface area (Å²) < 4.78 is 23.1. The Morgan fingerprint density at radius 1 is 1.09 bits per heavy atom. The number of methoxy groups -OCH3 is 3. The maximum absolute atomic E-state index is 12.9. The second kappa shape index (κ2) is 11.0. The van der Waals surface area contributed by atoms with Gasteiger partial charge in [0.05, 0.1) is 27.4 Å². The Balaban J connectivity index is 1.86. The van der Waals surface area contributed by atoms with Gasteiger partial charge in [0.1, 0.15) is 5.76 Å². The van der Waals surface area contributed by atoms with Gasteiger partial charge in [-0.3, -0.25) is 9.59 Å². The van der Waals surface area contributed by atoms with Crippen molar-refractivity contribution in [3.8, 4) is 11.5 Å². The SMILES string of the molecule is COCCNC(=O)c1ccc(Cn2c(C)c(C)sc2=NC(=O)c2ccc(OC)c(OC)c2)o1. The van der Waals surface area contributed by atoms with Gasteiger partial charge >= 0.3 is 0 Å². The fraction of sp³-hybridized carbons (Fsp3) is 0.348. The van der Waals surface area contributed by atoms with Crippen LogP contribution in [0.1, 0.15) is 37.2 Å². The summed E-state index contributed by atoms with van der Waals surface area (Å²) in [7, 11) is 4.61. The molecular formula is C23H27N3O6S. The van der Waals surface area contributed by atoms with E-state index in [1.165, 1.54) is 25.6 Å². The number of nitrogens with zero attached hydrogens (tertiary/aromatic N) is 2. The number of carbonyl (C=O) groups is 2. The normalized spacial score (nSPS) is 11.5. The first-order valence-electron chi connectivity index (χ1n) is 10.2. The molecule has 2 heterocycles. The van der Waals surface area contributed by atoms with Gasteiger partial charge in [-0.05, 0) is 44.2 Å². The number of carbonyl (C=O) groups excluding carboxylic acids is 2. The Morgan fingerprint density at radius 2 is 1.85 bits per heavy atom. The Bertz CT molecular complexity index is 1210. The summed E-state index contributed by atoms with van der Waals surface area (Å²) in [6.07, 6.45) is 0. The van der Waals surface area contributed by atoms with Crippen molar-refractivity contribution in [2.24, 2.45) is 4.99 Å². The zero-order valence-electron chi connectivity index (χ0n) is 19.3. The van der Waals surface area contributed by atoms with E-state index in [4.69, 9.17) is 18.6 Å².